The number of rotatable bonds is 6. The lowest BCUT2D eigenvalue weighted by Gasteiger charge is -2.28. The van der Waals surface area contributed by atoms with Crippen molar-refractivity contribution in [3.63, 3.8) is 0 Å². The number of nitrogens with two attached hydrogens (primary N) is 1. The summed E-state index contributed by atoms with van der Waals surface area (Å²) in [7, 11) is 0. The van der Waals surface area contributed by atoms with E-state index in [-0.39, 0.29) is 17.7 Å². The van der Waals surface area contributed by atoms with E-state index in [1.54, 1.807) is 6.92 Å². The molecule has 1 saturated carbocycles. The molecule has 21 heavy (non-hydrogen) atoms. The van der Waals surface area contributed by atoms with E-state index in [2.05, 4.69) is 10.6 Å². The second-order valence-corrected chi connectivity index (χ2v) is 5.82. The van der Waals surface area contributed by atoms with Gasteiger partial charge in [0.15, 0.2) is 0 Å². The van der Waals surface area contributed by atoms with E-state index in [0.29, 0.717) is 12.5 Å². The lowest BCUT2D eigenvalue weighted by atomic mass is 9.81. The Hall–Kier alpha value is -1.63. The predicted molar refractivity (Wildman–Crippen MR) is 77.3 cm³/mol. The fraction of sp³-hybridized carbons (Fsp3) is 0.786. The molecule has 0 aromatic heterocycles. The normalized spacial score (nSPS) is 24.7. The molecule has 7 nitrogen and oxygen atoms in total. The number of carboxylic acid groups (broad SMARTS) is 1. The van der Waals surface area contributed by atoms with Crippen molar-refractivity contribution in [2.45, 2.75) is 51.6 Å². The van der Waals surface area contributed by atoms with Gasteiger partial charge in [0, 0.05) is 12.5 Å². The summed E-state index contributed by atoms with van der Waals surface area (Å²) in [6, 6.07) is -1.37. The summed E-state index contributed by atoms with van der Waals surface area (Å²) in [4.78, 5) is 34.0. The predicted octanol–water partition coefficient (Wildman–Crippen LogP) is -0.154. The molecule has 1 aliphatic rings. The van der Waals surface area contributed by atoms with Crippen molar-refractivity contribution in [2.24, 2.45) is 17.6 Å². The molecule has 0 bridgehead atoms. The molecule has 120 valence electrons. The number of nitrogens with one attached hydrogen (secondary N) is 2. The molecular weight excluding hydrogens is 274 g/mol. The van der Waals surface area contributed by atoms with Gasteiger partial charge in [0.25, 0.3) is 0 Å². The Morgan fingerprint density at radius 2 is 1.76 bits per heavy atom. The highest BCUT2D eigenvalue weighted by atomic mass is 16.4. The molecule has 0 heterocycles. The van der Waals surface area contributed by atoms with Crippen LogP contribution in [0.25, 0.3) is 0 Å². The van der Waals surface area contributed by atoms with Gasteiger partial charge in [-0.25, -0.2) is 0 Å². The largest absolute Gasteiger partial charge is 0.480 e. The summed E-state index contributed by atoms with van der Waals surface area (Å²) >= 11 is 0. The number of aliphatic carboxylic acids is 1. The highest BCUT2D eigenvalue weighted by Crippen LogP contribution is 2.28. The molecule has 0 aliphatic heterocycles. The van der Waals surface area contributed by atoms with Crippen LogP contribution in [0.1, 0.15) is 39.5 Å². The molecular formula is C14H25N3O4. The number of carbonyl (C=O) groups excluding carboxylic acids is 2. The summed E-state index contributed by atoms with van der Waals surface area (Å²) in [5, 5.41) is 14.1. The molecule has 5 N–H and O–H groups in total. The van der Waals surface area contributed by atoms with E-state index >= 15 is 0 Å². The zero-order chi connectivity index (χ0) is 16.0. The number of carboxylic acids is 1. The lowest BCUT2D eigenvalue weighted by Crippen LogP contribution is -2.44. The van der Waals surface area contributed by atoms with Crippen LogP contribution in [-0.4, -0.2) is 41.5 Å². The smallest absolute Gasteiger partial charge is 0.325 e. The Labute approximate surface area is 124 Å². The number of hydrogen-bond acceptors (Lipinski definition) is 4. The summed E-state index contributed by atoms with van der Waals surface area (Å²) in [5.41, 5.74) is 5.47. The molecule has 2 unspecified atom stereocenters. The summed E-state index contributed by atoms with van der Waals surface area (Å²) in [5.74, 6) is -1.16. The number of carbonyl (C=O) groups is 3. The van der Waals surface area contributed by atoms with Crippen molar-refractivity contribution in [3.8, 4) is 0 Å². The fourth-order valence-electron chi connectivity index (χ4n) is 2.43. The third-order valence-corrected chi connectivity index (χ3v) is 3.93. The average Bonchev–Trinajstić information content (AvgIpc) is 2.44. The Morgan fingerprint density at radius 1 is 1.19 bits per heavy atom. The van der Waals surface area contributed by atoms with Gasteiger partial charge >= 0.3 is 5.97 Å². The SMILES string of the molecule is CC(N)C(=O)NCC1CCC(C(=O)NC(C)C(=O)O)CC1. The van der Waals surface area contributed by atoms with Crippen LogP contribution in [-0.2, 0) is 14.4 Å². The highest BCUT2D eigenvalue weighted by Gasteiger charge is 2.28. The molecule has 7 heteroatoms. The molecule has 1 rings (SSSR count). The van der Waals surface area contributed by atoms with Gasteiger partial charge in [0.05, 0.1) is 6.04 Å². The standard InChI is InChI=1S/C14H25N3O4/c1-8(15)12(18)16-7-10-3-5-11(6-4-10)13(19)17-9(2)14(20)21/h8-11H,3-7,15H2,1-2H3,(H,16,18)(H,17,19)(H,20,21). The van der Waals surface area contributed by atoms with E-state index in [4.69, 9.17) is 10.8 Å². The van der Waals surface area contributed by atoms with Gasteiger partial charge in [-0.05, 0) is 45.4 Å². The third-order valence-electron chi connectivity index (χ3n) is 3.93. The van der Waals surface area contributed by atoms with E-state index in [0.717, 1.165) is 25.7 Å². The molecule has 0 radical (unpaired) electrons. The van der Waals surface area contributed by atoms with Gasteiger partial charge < -0.3 is 21.5 Å². The van der Waals surface area contributed by atoms with Crippen LogP contribution in [0.2, 0.25) is 0 Å². The van der Waals surface area contributed by atoms with Gasteiger partial charge in [0.2, 0.25) is 11.8 Å². The second kappa shape index (κ2) is 7.97. The van der Waals surface area contributed by atoms with Crippen LogP contribution in [0.5, 0.6) is 0 Å². The first-order chi connectivity index (χ1) is 9.81. The van der Waals surface area contributed by atoms with Crippen LogP contribution >= 0.6 is 0 Å². The van der Waals surface area contributed by atoms with Gasteiger partial charge in [0.1, 0.15) is 6.04 Å². The van der Waals surface area contributed by atoms with E-state index in [9.17, 15) is 14.4 Å². The van der Waals surface area contributed by atoms with E-state index in [1.165, 1.54) is 6.92 Å². The van der Waals surface area contributed by atoms with Crippen molar-refractivity contribution < 1.29 is 19.5 Å². The van der Waals surface area contributed by atoms with Gasteiger partial charge in [-0.15, -0.1) is 0 Å². The average molecular weight is 299 g/mol. The molecule has 2 atom stereocenters. The third kappa shape index (κ3) is 5.71. The van der Waals surface area contributed by atoms with Crippen molar-refractivity contribution in [3.05, 3.63) is 0 Å². The first-order valence-corrected chi connectivity index (χ1v) is 7.37. The highest BCUT2D eigenvalue weighted by molar-refractivity contribution is 5.84. The Bertz CT molecular complexity index is 390. The van der Waals surface area contributed by atoms with E-state index < -0.39 is 18.1 Å². The maximum atomic E-state index is 11.9. The molecule has 2 amide bonds. The summed E-state index contributed by atoms with van der Waals surface area (Å²) in [6.07, 6.45) is 3.13. The van der Waals surface area contributed by atoms with Crippen molar-refractivity contribution in [1.82, 2.24) is 10.6 Å². The first-order valence-electron chi connectivity index (χ1n) is 7.37. The summed E-state index contributed by atoms with van der Waals surface area (Å²) < 4.78 is 0. The monoisotopic (exact) mass is 299 g/mol. The zero-order valence-electron chi connectivity index (χ0n) is 12.6. The maximum absolute atomic E-state index is 11.9. The molecule has 0 aromatic carbocycles. The van der Waals surface area contributed by atoms with Crippen LogP contribution in [0.4, 0.5) is 0 Å². The van der Waals surface area contributed by atoms with E-state index in [1.807, 2.05) is 0 Å². The lowest BCUT2D eigenvalue weighted by molar-refractivity contribution is -0.142. The van der Waals surface area contributed by atoms with Crippen molar-refractivity contribution in [2.75, 3.05) is 6.54 Å². The van der Waals surface area contributed by atoms with Crippen LogP contribution < -0.4 is 16.4 Å². The Morgan fingerprint density at radius 3 is 2.24 bits per heavy atom. The number of hydrogen-bond donors (Lipinski definition) is 4. The molecule has 0 spiro atoms. The second-order valence-electron chi connectivity index (χ2n) is 5.82. The molecule has 1 aliphatic carbocycles. The van der Waals surface area contributed by atoms with Gasteiger partial charge in [-0.2, -0.15) is 0 Å². The Kier molecular flexibility index (Phi) is 6.61. The quantitative estimate of drug-likeness (QED) is 0.543. The summed E-state index contributed by atoms with van der Waals surface area (Å²) in [6.45, 7) is 3.68. The topological polar surface area (TPSA) is 122 Å². The molecule has 0 aromatic rings. The molecule has 0 saturated heterocycles. The van der Waals surface area contributed by atoms with Crippen LogP contribution in [0, 0.1) is 11.8 Å². The fourth-order valence-corrected chi connectivity index (χ4v) is 2.43. The van der Waals surface area contributed by atoms with Crippen molar-refractivity contribution in [1.29, 1.82) is 0 Å². The minimum Gasteiger partial charge on any atom is -0.480 e. The minimum absolute atomic E-state index is 0.132. The Balaban J connectivity index is 2.30. The molecule has 1 fully saturated rings. The van der Waals surface area contributed by atoms with Gasteiger partial charge in [-0.3, -0.25) is 14.4 Å². The number of amides is 2. The minimum atomic E-state index is -1.03. The maximum Gasteiger partial charge on any atom is 0.325 e. The van der Waals surface area contributed by atoms with Crippen LogP contribution in [0.15, 0.2) is 0 Å². The first kappa shape index (κ1) is 17.4. The van der Waals surface area contributed by atoms with Crippen molar-refractivity contribution >= 4 is 17.8 Å². The van der Waals surface area contributed by atoms with Crippen LogP contribution in [0.3, 0.4) is 0 Å². The van der Waals surface area contributed by atoms with Gasteiger partial charge in [-0.1, -0.05) is 0 Å². The zero-order valence-corrected chi connectivity index (χ0v) is 12.6.